The van der Waals surface area contributed by atoms with Crippen LogP contribution in [0.15, 0.2) is 33.5 Å². The quantitative estimate of drug-likeness (QED) is 0.839. The number of nitrogen functional groups attached to an aromatic ring is 1. The van der Waals surface area contributed by atoms with E-state index in [4.69, 9.17) is 5.73 Å². The molecule has 0 amide bonds. The molecular weight excluding hydrogens is 234 g/mol. The van der Waals surface area contributed by atoms with Gasteiger partial charge >= 0.3 is 0 Å². The molecule has 4 nitrogen and oxygen atoms in total. The van der Waals surface area contributed by atoms with E-state index in [-0.39, 0.29) is 0 Å². The summed E-state index contributed by atoms with van der Waals surface area (Å²) < 4.78 is 18.9. The monoisotopic (exact) mass is 255 g/mol. The maximum atomic E-state index is 12.8. The van der Waals surface area contributed by atoms with E-state index in [2.05, 4.69) is 18.2 Å². The predicted molar refractivity (Wildman–Crippen MR) is 73.1 cm³/mol. The van der Waals surface area contributed by atoms with Gasteiger partial charge in [0.25, 0.3) is 0 Å². The first kappa shape index (κ1) is 14.0. The van der Waals surface area contributed by atoms with Crippen molar-refractivity contribution < 1.29 is 4.21 Å². The highest BCUT2D eigenvalue weighted by Gasteiger charge is 2.15. The molecule has 0 saturated heterocycles. The maximum Gasteiger partial charge on any atom is 0.139 e. The second-order valence-electron chi connectivity index (χ2n) is 4.59. The normalized spacial score (nSPS) is 14.9. The zero-order valence-electron chi connectivity index (χ0n) is 10.9. The Morgan fingerprint density at radius 2 is 2.06 bits per heavy atom. The van der Waals surface area contributed by atoms with Crippen molar-refractivity contribution in [3.8, 4) is 0 Å². The number of anilines is 1. The van der Waals surface area contributed by atoms with Crippen LogP contribution in [0.5, 0.6) is 0 Å². The third-order valence-electron chi connectivity index (χ3n) is 2.27. The molecule has 1 rings (SSSR count). The van der Waals surface area contributed by atoms with Crippen molar-refractivity contribution in [2.24, 2.45) is 10.3 Å². The molecule has 0 heterocycles. The Morgan fingerprint density at radius 1 is 1.41 bits per heavy atom. The van der Waals surface area contributed by atoms with Crippen molar-refractivity contribution >= 4 is 15.6 Å². The summed E-state index contributed by atoms with van der Waals surface area (Å²) in [5, 5.41) is 0. The SMILES string of the molecule is CC(C)CN=S(=O)(c1cccc(N)c1)N(C)C. The summed E-state index contributed by atoms with van der Waals surface area (Å²) >= 11 is 0. The second kappa shape index (κ2) is 5.51. The molecule has 1 unspecified atom stereocenters. The molecular formula is C12H21N3OS. The molecule has 0 saturated carbocycles. The molecule has 2 N–H and O–H groups in total. The lowest BCUT2D eigenvalue weighted by atomic mass is 10.2. The van der Waals surface area contributed by atoms with Crippen molar-refractivity contribution in [2.45, 2.75) is 18.7 Å². The van der Waals surface area contributed by atoms with Gasteiger partial charge in [-0.05, 0) is 24.1 Å². The minimum atomic E-state index is -2.52. The third-order valence-corrected chi connectivity index (χ3v) is 4.63. The highest BCUT2D eigenvalue weighted by atomic mass is 32.2. The fourth-order valence-electron chi connectivity index (χ4n) is 1.33. The third kappa shape index (κ3) is 3.44. The molecule has 0 aliphatic heterocycles. The number of benzene rings is 1. The first-order valence-corrected chi connectivity index (χ1v) is 7.09. The van der Waals surface area contributed by atoms with Crippen molar-refractivity contribution in [1.82, 2.24) is 4.31 Å². The summed E-state index contributed by atoms with van der Waals surface area (Å²) in [6.45, 7) is 4.68. The van der Waals surface area contributed by atoms with Crippen LogP contribution in [-0.4, -0.2) is 29.2 Å². The van der Waals surface area contributed by atoms with Gasteiger partial charge in [0.05, 0.1) is 11.4 Å². The van der Waals surface area contributed by atoms with Crippen LogP contribution in [-0.2, 0) is 9.92 Å². The van der Waals surface area contributed by atoms with Gasteiger partial charge in [0.1, 0.15) is 9.92 Å². The second-order valence-corrected chi connectivity index (χ2v) is 7.04. The van der Waals surface area contributed by atoms with E-state index in [1.807, 2.05) is 6.07 Å². The van der Waals surface area contributed by atoms with Gasteiger partial charge in [-0.3, -0.25) is 0 Å². The maximum absolute atomic E-state index is 12.8. The molecule has 0 aliphatic carbocycles. The lowest BCUT2D eigenvalue weighted by Crippen LogP contribution is -2.23. The number of nitrogens with two attached hydrogens (primary N) is 1. The Kier molecular flexibility index (Phi) is 4.54. The number of nitrogens with zero attached hydrogens (tertiary/aromatic N) is 2. The zero-order valence-corrected chi connectivity index (χ0v) is 11.7. The summed E-state index contributed by atoms with van der Waals surface area (Å²) in [6.07, 6.45) is 0. The molecule has 0 bridgehead atoms. The Morgan fingerprint density at radius 3 is 2.53 bits per heavy atom. The molecule has 0 fully saturated rings. The molecule has 17 heavy (non-hydrogen) atoms. The number of rotatable bonds is 4. The molecule has 0 aromatic heterocycles. The summed E-state index contributed by atoms with van der Waals surface area (Å²) in [4.78, 5) is 0.670. The van der Waals surface area contributed by atoms with Crippen LogP contribution < -0.4 is 5.73 Å². The van der Waals surface area contributed by atoms with Crippen LogP contribution in [0.4, 0.5) is 5.69 Å². The van der Waals surface area contributed by atoms with Crippen molar-refractivity contribution in [1.29, 1.82) is 0 Å². The van der Waals surface area contributed by atoms with Crippen molar-refractivity contribution in [3.05, 3.63) is 24.3 Å². The summed E-state index contributed by atoms with van der Waals surface area (Å²) in [7, 11) is 1.02. The fraction of sp³-hybridized carbons (Fsp3) is 0.500. The van der Waals surface area contributed by atoms with Gasteiger partial charge in [-0.25, -0.2) is 12.9 Å². The minimum Gasteiger partial charge on any atom is -0.399 e. The van der Waals surface area contributed by atoms with E-state index >= 15 is 0 Å². The van der Waals surface area contributed by atoms with Gasteiger partial charge in [0.2, 0.25) is 0 Å². The zero-order chi connectivity index (χ0) is 13.1. The van der Waals surface area contributed by atoms with Crippen LogP contribution in [0.1, 0.15) is 13.8 Å². The van der Waals surface area contributed by atoms with Gasteiger partial charge in [-0.1, -0.05) is 19.9 Å². The van der Waals surface area contributed by atoms with Gasteiger partial charge in [0, 0.05) is 19.8 Å². The number of hydrogen-bond donors (Lipinski definition) is 1. The number of hydrogen-bond acceptors (Lipinski definition) is 3. The summed E-state index contributed by atoms with van der Waals surface area (Å²) in [5.41, 5.74) is 6.33. The van der Waals surface area contributed by atoms with Crippen molar-refractivity contribution in [3.63, 3.8) is 0 Å². The fourth-order valence-corrected chi connectivity index (χ4v) is 3.18. The minimum absolute atomic E-state index is 0.386. The average Bonchev–Trinajstić information content (AvgIpc) is 2.25. The van der Waals surface area contributed by atoms with Crippen LogP contribution in [0.25, 0.3) is 0 Å². The molecule has 0 spiro atoms. The van der Waals surface area contributed by atoms with Crippen molar-refractivity contribution in [2.75, 3.05) is 26.4 Å². The smallest absolute Gasteiger partial charge is 0.139 e. The standard InChI is InChI=1S/C12H21N3OS/c1-10(2)9-14-17(16,15(3)4)12-7-5-6-11(13)8-12/h5-8,10H,9,13H2,1-4H3. The lowest BCUT2D eigenvalue weighted by Gasteiger charge is -2.18. The van der Waals surface area contributed by atoms with Gasteiger partial charge in [-0.2, -0.15) is 0 Å². The van der Waals surface area contributed by atoms with E-state index < -0.39 is 9.92 Å². The van der Waals surface area contributed by atoms with E-state index in [1.165, 1.54) is 0 Å². The van der Waals surface area contributed by atoms with Crippen LogP contribution in [0.2, 0.25) is 0 Å². The Balaban J connectivity index is 3.26. The van der Waals surface area contributed by atoms with Crippen LogP contribution in [0, 0.1) is 5.92 Å². The van der Waals surface area contributed by atoms with Crippen LogP contribution in [0.3, 0.4) is 0 Å². The van der Waals surface area contributed by atoms with E-state index in [9.17, 15) is 4.21 Å². The molecule has 1 atom stereocenters. The van der Waals surface area contributed by atoms with Crippen LogP contribution >= 0.6 is 0 Å². The van der Waals surface area contributed by atoms with Gasteiger partial charge < -0.3 is 5.73 Å². The van der Waals surface area contributed by atoms with Gasteiger partial charge in [-0.15, -0.1) is 0 Å². The molecule has 1 aromatic carbocycles. The summed E-state index contributed by atoms with van der Waals surface area (Å²) in [5.74, 6) is 0.386. The molecule has 0 aliphatic rings. The molecule has 0 radical (unpaired) electrons. The van der Waals surface area contributed by atoms with E-state index in [0.717, 1.165) is 0 Å². The highest BCUT2D eigenvalue weighted by molar-refractivity contribution is 7.91. The average molecular weight is 255 g/mol. The molecule has 96 valence electrons. The molecule has 1 aromatic rings. The topological polar surface area (TPSA) is 58.7 Å². The Bertz CT molecular complexity index is 488. The first-order valence-electron chi connectivity index (χ1n) is 5.62. The van der Waals surface area contributed by atoms with E-state index in [0.29, 0.717) is 23.0 Å². The lowest BCUT2D eigenvalue weighted by molar-refractivity contribution is 0.581. The first-order chi connectivity index (χ1) is 7.86. The predicted octanol–water partition coefficient (Wildman–Crippen LogP) is 2.23. The van der Waals surface area contributed by atoms with E-state index in [1.54, 1.807) is 36.6 Å². The van der Waals surface area contributed by atoms with Gasteiger partial charge in [0.15, 0.2) is 0 Å². The summed E-state index contributed by atoms with van der Waals surface area (Å²) in [6, 6.07) is 7.12. The Labute approximate surface area is 104 Å². The molecule has 5 heteroatoms. The highest BCUT2D eigenvalue weighted by Crippen LogP contribution is 2.19. The largest absolute Gasteiger partial charge is 0.399 e. The Hall–Kier alpha value is -1.07.